The third kappa shape index (κ3) is 18.1. The van der Waals surface area contributed by atoms with Crippen molar-refractivity contribution < 1.29 is 120 Å². The van der Waals surface area contributed by atoms with Gasteiger partial charge in [-0.15, -0.1) is 0 Å². The molecule has 0 spiro atoms. The lowest BCUT2D eigenvalue weighted by atomic mass is 9.93. The minimum absolute atomic E-state index is 0.0706. The molecule has 446 valence electrons. The van der Waals surface area contributed by atoms with E-state index < -0.39 is 183 Å². The molecule has 20 atom stereocenters. The summed E-state index contributed by atoms with van der Waals surface area (Å²) in [6, 6.07) is -0.636. The zero-order valence-electron chi connectivity index (χ0n) is 43.7. The van der Waals surface area contributed by atoms with E-state index in [0.717, 1.165) is 46.5 Å². The first kappa shape index (κ1) is 64.9. The van der Waals surface area contributed by atoms with Crippen molar-refractivity contribution in [1.82, 2.24) is 21.3 Å². The highest BCUT2D eigenvalue weighted by Gasteiger charge is 2.56. The number of carbonyl (C=O) groups is 4. The Balaban J connectivity index is 1.34. The third-order valence-electron chi connectivity index (χ3n) is 13.6. The summed E-state index contributed by atoms with van der Waals surface area (Å²) in [7, 11) is -5.41. The molecule has 4 aliphatic rings. The van der Waals surface area contributed by atoms with Crippen LogP contribution in [-0.4, -0.2) is 238 Å². The number of unbranched alkanes of at least 4 members (excludes halogenated alkanes) is 8. The van der Waals surface area contributed by atoms with Crippen LogP contribution in [0.1, 0.15) is 95.8 Å². The fourth-order valence-electron chi connectivity index (χ4n) is 9.64. The summed E-state index contributed by atoms with van der Waals surface area (Å²) in [5.41, 5.74) is 0.0706. The second-order valence-electron chi connectivity index (χ2n) is 19.6. The van der Waals surface area contributed by atoms with E-state index in [2.05, 4.69) is 32.4 Å². The Kier molecular flexibility index (Phi) is 25.7. The van der Waals surface area contributed by atoms with Crippen molar-refractivity contribution in [2.45, 2.75) is 208 Å². The van der Waals surface area contributed by atoms with Crippen LogP contribution >= 0.6 is 0 Å². The molecule has 4 fully saturated rings. The summed E-state index contributed by atoms with van der Waals surface area (Å²) in [6.07, 6.45) is -19.6. The Labute approximate surface area is 451 Å². The van der Waals surface area contributed by atoms with Gasteiger partial charge in [-0.3, -0.25) is 23.4 Å². The van der Waals surface area contributed by atoms with Gasteiger partial charge >= 0.3 is 0 Å². The fourth-order valence-corrected chi connectivity index (χ4v) is 9.94. The van der Waals surface area contributed by atoms with Crippen molar-refractivity contribution in [1.29, 1.82) is 0 Å². The number of amides is 4. The molecule has 4 heterocycles. The van der Waals surface area contributed by atoms with E-state index in [0.29, 0.717) is 12.4 Å². The predicted octanol–water partition coefficient (Wildman–Crippen LogP) is -4.49. The smallest absolute Gasteiger partial charge is 0.251 e. The molecule has 11 unspecified atom stereocenters. The van der Waals surface area contributed by atoms with Crippen LogP contribution in [0.4, 0.5) is 0 Å². The van der Waals surface area contributed by atoms with Gasteiger partial charge in [-0.25, -0.2) is 8.42 Å². The molecule has 0 aromatic heterocycles. The second-order valence-corrected chi connectivity index (χ2v) is 20.6. The number of hydrogen-bond donors (Lipinski definition) is 13. The first-order valence-corrected chi connectivity index (χ1v) is 27.3. The molecule has 1 aromatic rings. The van der Waals surface area contributed by atoms with Crippen molar-refractivity contribution >= 4 is 34.0 Å². The lowest BCUT2D eigenvalue weighted by Crippen LogP contribution is -2.71. The summed E-state index contributed by atoms with van der Waals surface area (Å²) in [5.74, 6) is -2.84. The number of carbonyl (C=O) groups excluding carboxylic acids is 4. The van der Waals surface area contributed by atoms with Gasteiger partial charge in [0.2, 0.25) is 28.1 Å². The Morgan fingerprint density at radius 3 is 1.47 bits per heavy atom. The van der Waals surface area contributed by atoms with E-state index in [1.165, 1.54) is 44.2 Å². The van der Waals surface area contributed by atoms with Crippen molar-refractivity contribution in [2.75, 3.05) is 33.0 Å². The first-order valence-electron chi connectivity index (χ1n) is 26.0. The SMILES string of the molecule is CCCCCCCCCCCOc1cccc(C(=O)N[C@@H]2C(O[C@H]3C(O)C(NC(C)=O)C(OC4C(CO)OC(O[C@H]5C(O)C(NC(C)=O)C(O)O[C@H]5COS(=O)(=O)[O-])[C@@H](NC(C)=O)[C@H]4O)O[C@H]3CO)OC(CO)[C@@H](O)[C@@H]2O)c1. The molecule has 29 nitrogen and oxygen atoms in total. The third-order valence-corrected chi connectivity index (χ3v) is 14.0. The number of aliphatic hydroxyl groups is 9. The molecule has 1 aromatic carbocycles. The van der Waals surface area contributed by atoms with Gasteiger partial charge in [-0.2, -0.15) is 0 Å². The molecule has 4 aliphatic heterocycles. The first-order chi connectivity index (χ1) is 37.0. The number of ether oxygens (including phenoxy) is 8. The normalized spacial score (nSPS) is 35.3. The minimum atomic E-state index is -5.41. The van der Waals surface area contributed by atoms with Crippen LogP contribution in [0, 0.1) is 0 Å². The van der Waals surface area contributed by atoms with E-state index in [-0.39, 0.29) is 5.56 Å². The van der Waals surface area contributed by atoms with Crippen LogP contribution in [0.3, 0.4) is 0 Å². The lowest BCUT2D eigenvalue weighted by Gasteiger charge is -2.51. The molecule has 4 amide bonds. The maximum Gasteiger partial charge on any atom is 0.251 e. The van der Waals surface area contributed by atoms with E-state index in [4.69, 9.17) is 37.9 Å². The number of nitrogens with one attached hydrogen (secondary N) is 4. The Morgan fingerprint density at radius 2 is 1.00 bits per heavy atom. The fraction of sp³-hybridized carbons (Fsp3) is 0.792. The van der Waals surface area contributed by atoms with E-state index in [1.807, 2.05) is 0 Å². The van der Waals surface area contributed by atoms with Crippen LogP contribution in [0.25, 0.3) is 0 Å². The molecule has 5 rings (SSSR count). The van der Waals surface area contributed by atoms with Crippen LogP contribution in [-0.2, 0) is 62.1 Å². The van der Waals surface area contributed by atoms with Gasteiger partial charge in [0.05, 0.1) is 33.0 Å². The second kappa shape index (κ2) is 30.8. The summed E-state index contributed by atoms with van der Waals surface area (Å²) in [6.45, 7) is 1.58. The van der Waals surface area contributed by atoms with Crippen LogP contribution < -0.4 is 26.0 Å². The topological polar surface area (TPSA) is 439 Å². The molecule has 78 heavy (non-hydrogen) atoms. The molecule has 13 N–H and O–H groups in total. The van der Waals surface area contributed by atoms with Crippen LogP contribution in [0.2, 0.25) is 0 Å². The Hall–Kier alpha value is -3.87. The highest BCUT2D eigenvalue weighted by atomic mass is 32.3. The van der Waals surface area contributed by atoms with Crippen molar-refractivity contribution in [3.8, 4) is 5.75 Å². The standard InChI is InChI=1S/C48H78N4O25S/c1-5-6-7-8-9-10-11-12-13-17-69-27-16-14-15-26(18-27)44(64)52-33-37(60)36(59)28(19-53)72-46(33)75-41-29(20-54)73-47(34(39(41)62)50-24(3)57)76-42-30(21-55)74-48(35(40(42)63)51-25(4)58)77-43-31(22-70-78(66,67)68)71-45(65)32(38(43)61)49-23(2)56/h14-16,18,28-43,45-48,53-55,59-63,65H,5-13,17,19-22H2,1-4H3,(H,49,56)(H,50,57)(H,51,58)(H,52,64)(H,66,67,68)/p-1/t28?,29-,30?,31-,32?,33-,34?,35-,36+,37+,38?,39?,40+,41+,42?,43+,45?,46?,47?,48?/m0/s1. The molecular formula is C48H77N4O25S-. The van der Waals surface area contributed by atoms with Gasteiger partial charge in [0, 0.05) is 26.3 Å². The molecule has 4 saturated heterocycles. The van der Waals surface area contributed by atoms with E-state index in [9.17, 15) is 78.1 Å². The number of aliphatic hydroxyl groups excluding tert-OH is 9. The lowest BCUT2D eigenvalue weighted by molar-refractivity contribution is -0.361. The molecular weight excluding hydrogens is 1060 g/mol. The molecule has 0 bridgehead atoms. The monoisotopic (exact) mass is 1140 g/mol. The van der Waals surface area contributed by atoms with Crippen LogP contribution in [0.5, 0.6) is 5.75 Å². The predicted molar refractivity (Wildman–Crippen MR) is 262 cm³/mol. The summed E-state index contributed by atoms with van der Waals surface area (Å²) >= 11 is 0. The minimum Gasteiger partial charge on any atom is -0.726 e. The average Bonchev–Trinajstić information content (AvgIpc) is 3.47. The summed E-state index contributed by atoms with van der Waals surface area (Å²) in [5, 5.41) is 109. The van der Waals surface area contributed by atoms with Crippen molar-refractivity contribution in [2.24, 2.45) is 0 Å². The van der Waals surface area contributed by atoms with Gasteiger partial charge in [0.1, 0.15) is 103 Å². The van der Waals surface area contributed by atoms with E-state index in [1.54, 1.807) is 12.1 Å². The van der Waals surface area contributed by atoms with E-state index >= 15 is 0 Å². The Bertz CT molecular complexity index is 2170. The van der Waals surface area contributed by atoms with Crippen molar-refractivity contribution in [3.63, 3.8) is 0 Å². The maximum atomic E-state index is 13.8. The van der Waals surface area contributed by atoms with Gasteiger partial charge in [-0.05, 0) is 24.6 Å². The maximum absolute atomic E-state index is 13.8. The quantitative estimate of drug-likeness (QED) is 0.0214. The number of hydrogen-bond acceptors (Lipinski definition) is 25. The van der Waals surface area contributed by atoms with Crippen molar-refractivity contribution in [3.05, 3.63) is 29.8 Å². The molecule has 0 radical (unpaired) electrons. The van der Waals surface area contributed by atoms with Crippen LogP contribution in [0.15, 0.2) is 24.3 Å². The number of benzene rings is 1. The van der Waals surface area contributed by atoms with Gasteiger partial charge in [0.15, 0.2) is 25.2 Å². The number of rotatable bonds is 28. The molecule has 0 saturated carbocycles. The molecule has 0 aliphatic carbocycles. The van der Waals surface area contributed by atoms with Gasteiger partial charge in [-0.1, -0.05) is 64.4 Å². The highest BCUT2D eigenvalue weighted by Crippen LogP contribution is 2.35. The average molecular weight is 1140 g/mol. The summed E-state index contributed by atoms with van der Waals surface area (Å²) in [4.78, 5) is 51.1. The van der Waals surface area contributed by atoms with Gasteiger partial charge in [0.25, 0.3) is 5.91 Å². The van der Waals surface area contributed by atoms with Gasteiger partial charge < -0.3 is 110 Å². The zero-order chi connectivity index (χ0) is 57.4. The Morgan fingerprint density at radius 1 is 0.564 bits per heavy atom. The highest BCUT2D eigenvalue weighted by molar-refractivity contribution is 7.80. The largest absolute Gasteiger partial charge is 0.726 e. The molecule has 30 heteroatoms. The summed E-state index contributed by atoms with van der Waals surface area (Å²) < 4.78 is 85.7. The zero-order valence-corrected chi connectivity index (χ0v) is 44.5.